The maximum atomic E-state index is 13.8. The van der Waals surface area contributed by atoms with E-state index >= 15 is 0 Å². The lowest BCUT2D eigenvalue weighted by atomic mass is 9.96. The van der Waals surface area contributed by atoms with Crippen LogP contribution < -0.4 is 0 Å². The first-order chi connectivity index (χ1) is 9.95. The van der Waals surface area contributed by atoms with Gasteiger partial charge in [0.25, 0.3) is 5.91 Å². The number of amides is 1. The van der Waals surface area contributed by atoms with Crippen LogP contribution in [0.5, 0.6) is 0 Å². The molecule has 112 valence electrons. The Morgan fingerprint density at radius 1 is 1.43 bits per heavy atom. The van der Waals surface area contributed by atoms with E-state index in [9.17, 15) is 18.8 Å². The van der Waals surface area contributed by atoms with Gasteiger partial charge in [0.15, 0.2) is 5.78 Å². The number of carbonyl (C=O) groups excluding carboxylic acids is 3. The number of nitrogens with zero attached hydrogens (tertiary/aromatic N) is 1. The Hall–Kier alpha value is -1.95. The first kappa shape index (κ1) is 15.4. The number of esters is 1. The number of methoxy groups -OCH3 is 1. The highest BCUT2D eigenvalue weighted by Crippen LogP contribution is 2.23. The maximum Gasteiger partial charge on any atom is 0.318 e. The zero-order valence-electron chi connectivity index (χ0n) is 11.3. The molecule has 1 aromatic rings. The van der Waals surface area contributed by atoms with E-state index in [1.807, 2.05) is 0 Å². The van der Waals surface area contributed by atoms with Gasteiger partial charge in [0, 0.05) is 19.5 Å². The van der Waals surface area contributed by atoms with Crippen LogP contribution in [0.15, 0.2) is 18.2 Å². The zero-order valence-corrected chi connectivity index (χ0v) is 12.0. The lowest BCUT2D eigenvalue weighted by Gasteiger charge is -2.30. The Morgan fingerprint density at radius 3 is 2.76 bits per heavy atom. The Balaban J connectivity index is 2.24. The summed E-state index contributed by atoms with van der Waals surface area (Å²) >= 11 is 5.85. The molecule has 1 saturated heterocycles. The van der Waals surface area contributed by atoms with Crippen LogP contribution in [0, 0.1) is 11.7 Å². The second kappa shape index (κ2) is 6.22. The van der Waals surface area contributed by atoms with Gasteiger partial charge in [-0.15, -0.1) is 0 Å². The summed E-state index contributed by atoms with van der Waals surface area (Å²) in [6.07, 6.45) is 0.0254. The number of piperidine rings is 1. The van der Waals surface area contributed by atoms with Gasteiger partial charge in [0.2, 0.25) is 0 Å². The summed E-state index contributed by atoms with van der Waals surface area (Å²) in [5, 5.41) is -0.00785. The molecule has 0 aliphatic carbocycles. The van der Waals surface area contributed by atoms with E-state index in [-0.39, 0.29) is 35.9 Å². The van der Waals surface area contributed by atoms with Gasteiger partial charge in [-0.25, -0.2) is 4.39 Å². The molecule has 1 fully saturated rings. The molecule has 1 aliphatic heterocycles. The van der Waals surface area contributed by atoms with Gasteiger partial charge in [-0.05, 0) is 12.1 Å². The van der Waals surface area contributed by atoms with E-state index in [0.717, 1.165) is 6.07 Å². The van der Waals surface area contributed by atoms with Crippen molar-refractivity contribution in [3.63, 3.8) is 0 Å². The Kier molecular flexibility index (Phi) is 4.57. The fraction of sp³-hybridized carbons (Fsp3) is 0.357. The van der Waals surface area contributed by atoms with Gasteiger partial charge in [0.1, 0.15) is 11.7 Å². The van der Waals surface area contributed by atoms with E-state index in [1.54, 1.807) is 0 Å². The van der Waals surface area contributed by atoms with Crippen molar-refractivity contribution in [1.29, 1.82) is 0 Å². The molecule has 1 atom stereocenters. The number of ether oxygens (including phenoxy) is 1. The van der Waals surface area contributed by atoms with Crippen LogP contribution in [0.4, 0.5) is 4.39 Å². The summed E-state index contributed by atoms with van der Waals surface area (Å²) < 4.78 is 18.3. The average molecular weight is 314 g/mol. The Labute approximate surface area is 125 Å². The lowest BCUT2D eigenvalue weighted by Crippen LogP contribution is -2.47. The Morgan fingerprint density at radius 2 is 2.14 bits per heavy atom. The number of hydrogen-bond donors (Lipinski definition) is 0. The summed E-state index contributed by atoms with van der Waals surface area (Å²) in [7, 11) is 1.17. The fourth-order valence-electron chi connectivity index (χ4n) is 2.23. The summed E-state index contributed by atoms with van der Waals surface area (Å²) in [4.78, 5) is 36.8. The van der Waals surface area contributed by atoms with Gasteiger partial charge in [0.05, 0.1) is 17.7 Å². The second-order valence-electron chi connectivity index (χ2n) is 4.64. The van der Waals surface area contributed by atoms with Crippen LogP contribution in [-0.2, 0) is 14.3 Å². The quantitative estimate of drug-likeness (QED) is 0.615. The standard InChI is InChI=1S/C14H13ClFNO4/c1-21-14(20)8-7-17(6-5-11(8)18)13(19)12-9(15)3-2-4-10(12)16/h2-4,8H,5-7H2,1H3. The number of likely N-dealkylation sites (tertiary alicyclic amines) is 1. The first-order valence-electron chi connectivity index (χ1n) is 6.29. The van der Waals surface area contributed by atoms with Crippen molar-refractivity contribution >= 4 is 29.3 Å². The molecule has 0 radical (unpaired) electrons. The van der Waals surface area contributed by atoms with Gasteiger partial charge in [-0.3, -0.25) is 14.4 Å². The third-order valence-electron chi connectivity index (χ3n) is 3.37. The van der Waals surface area contributed by atoms with Gasteiger partial charge in [-0.2, -0.15) is 0 Å². The molecule has 0 saturated carbocycles. The molecule has 5 nitrogen and oxygen atoms in total. The molecule has 0 spiro atoms. The average Bonchev–Trinajstić information content (AvgIpc) is 2.46. The predicted molar refractivity (Wildman–Crippen MR) is 72.4 cm³/mol. The highest BCUT2D eigenvalue weighted by atomic mass is 35.5. The van der Waals surface area contributed by atoms with E-state index in [1.165, 1.54) is 24.1 Å². The normalized spacial score (nSPS) is 18.5. The van der Waals surface area contributed by atoms with E-state index in [4.69, 9.17) is 11.6 Å². The number of benzene rings is 1. The van der Waals surface area contributed by atoms with Crippen LogP contribution in [0.1, 0.15) is 16.8 Å². The molecule has 1 aliphatic rings. The first-order valence-corrected chi connectivity index (χ1v) is 6.67. The minimum Gasteiger partial charge on any atom is -0.468 e. The predicted octanol–water partition coefficient (Wildman–Crippen LogP) is 1.68. The molecule has 0 bridgehead atoms. The molecule has 7 heteroatoms. The number of carbonyl (C=O) groups is 3. The molecule has 1 heterocycles. The third-order valence-corrected chi connectivity index (χ3v) is 3.68. The molecule has 21 heavy (non-hydrogen) atoms. The molecule has 2 rings (SSSR count). The minimum absolute atomic E-state index is 0.00785. The summed E-state index contributed by atoms with van der Waals surface area (Å²) in [5.74, 6) is -3.39. The third kappa shape index (κ3) is 3.05. The Bertz CT molecular complexity index is 576. The van der Waals surface area contributed by atoms with Crippen molar-refractivity contribution in [3.05, 3.63) is 34.6 Å². The van der Waals surface area contributed by atoms with Crippen LogP contribution >= 0.6 is 11.6 Å². The monoisotopic (exact) mass is 313 g/mol. The van der Waals surface area contributed by atoms with Gasteiger partial charge in [-0.1, -0.05) is 17.7 Å². The van der Waals surface area contributed by atoms with Crippen LogP contribution in [-0.4, -0.2) is 42.8 Å². The van der Waals surface area contributed by atoms with E-state index in [2.05, 4.69) is 4.74 Å². The number of rotatable bonds is 2. The van der Waals surface area contributed by atoms with Crippen molar-refractivity contribution in [2.24, 2.45) is 5.92 Å². The van der Waals surface area contributed by atoms with Crippen molar-refractivity contribution in [1.82, 2.24) is 4.90 Å². The SMILES string of the molecule is COC(=O)C1CN(C(=O)c2c(F)cccc2Cl)CCC1=O. The molecule has 1 aromatic carbocycles. The molecule has 0 aromatic heterocycles. The molecule has 0 N–H and O–H groups in total. The number of hydrogen-bond acceptors (Lipinski definition) is 4. The largest absolute Gasteiger partial charge is 0.468 e. The van der Waals surface area contributed by atoms with Crippen LogP contribution in [0.3, 0.4) is 0 Å². The molecule has 1 amide bonds. The summed E-state index contributed by atoms with van der Waals surface area (Å²) in [5.41, 5.74) is -0.253. The summed E-state index contributed by atoms with van der Waals surface area (Å²) in [6.45, 7) is -0.00910. The van der Waals surface area contributed by atoms with Gasteiger partial charge >= 0.3 is 5.97 Å². The lowest BCUT2D eigenvalue weighted by molar-refractivity contribution is -0.151. The highest BCUT2D eigenvalue weighted by Gasteiger charge is 2.36. The van der Waals surface area contributed by atoms with Crippen LogP contribution in [0.25, 0.3) is 0 Å². The van der Waals surface area contributed by atoms with E-state index in [0.29, 0.717) is 0 Å². The van der Waals surface area contributed by atoms with Crippen LogP contribution in [0.2, 0.25) is 5.02 Å². The fourth-order valence-corrected chi connectivity index (χ4v) is 2.47. The zero-order chi connectivity index (χ0) is 15.6. The second-order valence-corrected chi connectivity index (χ2v) is 5.05. The van der Waals surface area contributed by atoms with E-state index < -0.39 is 23.6 Å². The molecular formula is C14H13ClFNO4. The van der Waals surface area contributed by atoms with Crippen molar-refractivity contribution in [2.45, 2.75) is 6.42 Å². The maximum absolute atomic E-state index is 13.8. The smallest absolute Gasteiger partial charge is 0.318 e. The number of halogens is 2. The number of Topliss-reactive ketones (excluding diaryl/α,β-unsaturated/α-hetero) is 1. The molecule has 1 unspecified atom stereocenters. The number of ketones is 1. The van der Waals surface area contributed by atoms with Crippen molar-refractivity contribution < 1.29 is 23.5 Å². The topological polar surface area (TPSA) is 63.7 Å². The molecular weight excluding hydrogens is 301 g/mol. The minimum atomic E-state index is -1.03. The summed E-state index contributed by atoms with van der Waals surface area (Å²) in [6, 6.07) is 3.93. The van der Waals surface area contributed by atoms with Crippen molar-refractivity contribution in [2.75, 3.05) is 20.2 Å². The highest BCUT2D eigenvalue weighted by molar-refractivity contribution is 6.33. The van der Waals surface area contributed by atoms with Crippen molar-refractivity contribution in [3.8, 4) is 0 Å². The van der Waals surface area contributed by atoms with Gasteiger partial charge < -0.3 is 9.64 Å².